The van der Waals surface area contributed by atoms with Crippen molar-refractivity contribution < 1.29 is 9.90 Å². The number of H-pyrrole nitrogens is 1. The number of carbonyl (C=O) groups is 1. The van der Waals surface area contributed by atoms with E-state index in [-0.39, 0.29) is 24.7 Å². The predicted molar refractivity (Wildman–Crippen MR) is 49.9 cm³/mol. The van der Waals surface area contributed by atoms with Gasteiger partial charge in [0.15, 0.2) is 0 Å². The molecule has 1 unspecified atom stereocenters. The van der Waals surface area contributed by atoms with Gasteiger partial charge in [-0.1, -0.05) is 0 Å². The Morgan fingerprint density at radius 3 is 2.85 bits per heavy atom. The summed E-state index contributed by atoms with van der Waals surface area (Å²) in [5.74, 6) is -0.431. The summed E-state index contributed by atoms with van der Waals surface area (Å²) in [6.45, 7) is 0.291. The highest BCUT2D eigenvalue weighted by Gasteiger charge is 2.15. The van der Waals surface area contributed by atoms with Crippen LogP contribution in [-0.2, 0) is 4.79 Å². The van der Waals surface area contributed by atoms with Crippen molar-refractivity contribution in [2.75, 3.05) is 6.54 Å². The summed E-state index contributed by atoms with van der Waals surface area (Å²) >= 11 is 0. The quantitative estimate of drug-likeness (QED) is 0.661. The van der Waals surface area contributed by atoms with Gasteiger partial charge in [0.05, 0.1) is 6.42 Å². The fraction of sp³-hybridized carbons (Fsp3) is 0.429. The second-order valence-corrected chi connectivity index (χ2v) is 2.50. The van der Waals surface area contributed by atoms with Gasteiger partial charge >= 0.3 is 5.97 Å². The molecule has 5 nitrogen and oxygen atoms in total. The fourth-order valence-electron chi connectivity index (χ4n) is 1.00. The first-order valence-corrected chi connectivity index (χ1v) is 3.65. The van der Waals surface area contributed by atoms with E-state index < -0.39 is 5.97 Å². The number of halogens is 1. The maximum atomic E-state index is 10.4. The Labute approximate surface area is 81.8 Å². The van der Waals surface area contributed by atoms with E-state index in [0.29, 0.717) is 12.4 Å². The summed E-state index contributed by atoms with van der Waals surface area (Å²) in [4.78, 5) is 17.1. The molecule has 1 aromatic rings. The molecule has 0 saturated carbocycles. The zero-order valence-corrected chi connectivity index (χ0v) is 7.75. The van der Waals surface area contributed by atoms with Crippen molar-refractivity contribution in [1.29, 1.82) is 0 Å². The van der Waals surface area contributed by atoms with Crippen molar-refractivity contribution in [3.05, 3.63) is 18.2 Å². The summed E-state index contributed by atoms with van der Waals surface area (Å²) in [6, 6.07) is 0. The topological polar surface area (TPSA) is 92.0 Å². The molecule has 13 heavy (non-hydrogen) atoms. The van der Waals surface area contributed by atoms with E-state index >= 15 is 0 Å². The Kier molecular flexibility index (Phi) is 5.10. The third kappa shape index (κ3) is 3.43. The molecule has 1 aromatic heterocycles. The van der Waals surface area contributed by atoms with Crippen LogP contribution in [0.2, 0.25) is 0 Å². The Bertz CT molecular complexity index is 250. The van der Waals surface area contributed by atoms with Crippen LogP contribution in [0.3, 0.4) is 0 Å². The molecule has 74 valence electrons. The van der Waals surface area contributed by atoms with Crippen molar-refractivity contribution >= 4 is 18.4 Å². The lowest BCUT2D eigenvalue weighted by Gasteiger charge is -2.07. The molecule has 0 spiro atoms. The van der Waals surface area contributed by atoms with E-state index in [1.165, 1.54) is 0 Å². The summed E-state index contributed by atoms with van der Waals surface area (Å²) < 4.78 is 0. The average Bonchev–Trinajstić information content (AvgIpc) is 2.51. The zero-order valence-electron chi connectivity index (χ0n) is 6.93. The monoisotopic (exact) mass is 205 g/mol. The van der Waals surface area contributed by atoms with Crippen LogP contribution in [0.25, 0.3) is 0 Å². The molecule has 0 bridgehead atoms. The first-order chi connectivity index (χ1) is 5.74. The second kappa shape index (κ2) is 5.55. The van der Waals surface area contributed by atoms with Crippen LogP contribution in [-0.4, -0.2) is 27.6 Å². The van der Waals surface area contributed by atoms with E-state index in [1.807, 2.05) is 0 Å². The number of nitrogens with zero attached hydrogens (tertiary/aromatic N) is 1. The number of hydrogen-bond donors (Lipinski definition) is 3. The molecular weight excluding hydrogens is 194 g/mol. The Morgan fingerprint density at radius 2 is 2.46 bits per heavy atom. The molecule has 1 heterocycles. The molecule has 0 aliphatic rings. The van der Waals surface area contributed by atoms with Gasteiger partial charge in [-0.25, -0.2) is 4.98 Å². The van der Waals surface area contributed by atoms with Crippen molar-refractivity contribution in [2.24, 2.45) is 5.73 Å². The van der Waals surface area contributed by atoms with E-state index in [2.05, 4.69) is 9.97 Å². The van der Waals surface area contributed by atoms with Crippen LogP contribution in [0.5, 0.6) is 0 Å². The standard InChI is InChI=1S/C7H11N3O2.ClH/c8-4-5(3-6(11)12)7-9-1-2-10-7;/h1-2,5H,3-4,8H2,(H,9,10)(H,11,12);1H. The van der Waals surface area contributed by atoms with E-state index in [1.54, 1.807) is 12.4 Å². The maximum Gasteiger partial charge on any atom is 0.304 e. The number of rotatable bonds is 4. The fourth-order valence-corrected chi connectivity index (χ4v) is 1.00. The van der Waals surface area contributed by atoms with Gasteiger partial charge in [-0.05, 0) is 0 Å². The van der Waals surface area contributed by atoms with Gasteiger partial charge < -0.3 is 15.8 Å². The number of aromatic amines is 1. The van der Waals surface area contributed by atoms with Gasteiger partial charge in [-0.3, -0.25) is 4.79 Å². The highest BCUT2D eigenvalue weighted by molar-refractivity contribution is 5.85. The Morgan fingerprint density at radius 1 is 1.77 bits per heavy atom. The maximum absolute atomic E-state index is 10.4. The molecule has 0 saturated heterocycles. The zero-order chi connectivity index (χ0) is 8.97. The minimum absolute atomic E-state index is 0. The highest BCUT2D eigenvalue weighted by atomic mass is 35.5. The van der Waals surface area contributed by atoms with Gasteiger partial charge in [0, 0.05) is 24.9 Å². The third-order valence-electron chi connectivity index (χ3n) is 1.61. The highest BCUT2D eigenvalue weighted by Crippen LogP contribution is 2.12. The molecule has 0 radical (unpaired) electrons. The van der Waals surface area contributed by atoms with Crippen molar-refractivity contribution in [3.8, 4) is 0 Å². The van der Waals surface area contributed by atoms with Crippen LogP contribution < -0.4 is 5.73 Å². The second-order valence-electron chi connectivity index (χ2n) is 2.50. The molecule has 0 aromatic carbocycles. The number of nitrogens with two attached hydrogens (primary N) is 1. The lowest BCUT2D eigenvalue weighted by atomic mass is 10.1. The summed E-state index contributed by atoms with van der Waals surface area (Å²) in [5, 5.41) is 8.52. The Hall–Kier alpha value is -1.07. The lowest BCUT2D eigenvalue weighted by molar-refractivity contribution is -0.137. The first-order valence-electron chi connectivity index (χ1n) is 3.65. The molecule has 0 aliphatic heterocycles. The molecule has 4 N–H and O–H groups in total. The summed E-state index contributed by atoms with van der Waals surface area (Å²) in [6.07, 6.45) is 3.25. The number of carboxylic acid groups (broad SMARTS) is 1. The van der Waals surface area contributed by atoms with Gasteiger partial charge in [-0.15, -0.1) is 12.4 Å². The van der Waals surface area contributed by atoms with E-state index in [0.717, 1.165) is 0 Å². The molecule has 0 amide bonds. The Balaban J connectivity index is 0.00000144. The molecule has 1 atom stereocenters. The normalized spacial score (nSPS) is 11.8. The lowest BCUT2D eigenvalue weighted by Crippen LogP contribution is -2.17. The largest absolute Gasteiger partial charge is 0.481 e. The summed E-state index contributed by atoms with van der Waals surface area (Å²) in [7, 11) is 0. The number of aromatic nitrogens is 2. The van der Waals surface area contributed by atoms with Crippen molar-refractivity contribution in [2.45, 2.75) is 12.3 Å². The first kappa shape index (κ1) is 11.9. The van der Waals surface area contributed by atoms with Crippen LogP contribution in [0.4, 0.5) is 0 Å². The smallest absolute Gasteiger partial charge is 0.304 e. The van der Waals surface area contributed by atoms with Crippen molar-refractivity contribution in [1.82, 2.24) is 9.97 Å². The average molecular weight is 206 g/mol. The molecule has 0 aliphatic carbocycles. The number of carboxylic acids is 1. The number of aliphatic carboxylic acids is 1. The van der Waals surface area contributed by atoms with Gasteiger partial charge in [-0.2, -0.15) is 0 Å². The van der Waals surface area contributed by atoms with E-state index in [9.17, 15) is 4.79 Å². The molecule has 6 heteroatoms. The van der Waals surface area contributed by atoms with Crippen LogP contribution in [0.15, 0.2) is 12.4 Å². The third-order valence-corrected chi connectivity index (χ3v) is 1.61. The number of imidazole rings is 1. The van der Waals surface area contributed by atoms with Gasteiger partial charge in [0.25, 0.3) is 0 Å². The SMILES string of the molecule is Cl.NCC(CC(=O)O)c1ncc[nH]1. The van der Waals surface area contributed by atoms with E-state index in [4.69, 9.17) is 10.8 Å². The molecule has 1 rings (SSSR count). The van der Waals surface area contributed by atoms with Gasteiger partial charge in [0.1, 0.15) is 5.82 Å². The van der Waals surface area contributed by atoms with Crippen LogP contribution in [0, 0.1) is 0 Å². The number of hydrogen-bond acceptors (Lipinski definition) is 3. The summed E-state index contributed by atoms with van der Waals surface area (Å²) in [5.41, 5.74) is 5.39. The van der Waals surface area contributed by atoms with Crippen LogP contribution in [0.1, 0.15) is 18.2 Å². The minimum atomic E-state index is -0.859. The van der Waals surface area contributed by atoms with Crippen molar-refractivity contribution in [3.63, 3.8) is 0 Å². The predicted octanol–water partition coefficient (Wildman–Crippen LogP) is 0.348. The molecule has 0 fully saturated rings. The van der Waals surface area contributed by atoms with Crippen LogP contribution >= 0.6 is 12.4 Å². The number of nitrogens with one attached hydrogen (secondary N) is 1. The minimum Gasteiger partial charge on any atom is -0.481 e. The van der Waals surface area contributed by atoms with Gasteiger partial charge in [0.2, 0.25) is 0 Å². The molecular formula is C7H12ClN3O2.